The van der Waals surface area contributed by atoms with Crippen LogP contribution in [-0.2, 0) is 9.59 Å². The Bertz CT molecular complexity index is 573. The summed E-state index contributed by atoms with van der Waals surface area (Å²) in [4.78, 5) is 26.6. The Kier molecular flexibility index (Phi) is 6.79. The maximum absolute atomic E-state index is 12.6. The number of para-hydroxylation sites is 1. The number of hydrogen-bond donors (Lipinski definition) is 2. The van der Waals surface area contributed by atoms with Gasteiger partial charge in [-0.25, -0.2) is 0 Å². The molecule has 2 amide bonds. The first-order valence-electron chi connectivity index (χ1n) is 8.90. The highest BCUT2D eigenvalue weighted by Crippen LogP contribution is 2.27. The zero-order valence-corrected chi connectivity index (χ0v) is 14.8. The average Bonchev–Trinajstić information content (AvgIpc) is 2.94. The van der Waals surface area contributed by atoms with Crippen LogP contribution in [0, 0.1) is 12.8 Å². The molecule has 5 heteroatoms. The summed E-state index contributed by atoms with van der Waals surface area (Å²) in [5, 5.41) is 2.90. The lowest BCUT2D eigenvalue weighted by molar-refractivity contribution is -0.135. The molecule has 0 radical (unpaired) electrons. The topological polar surface area (TPSA) is 75.4 Å². The van der Waals surface area contributed by atoms with Crippen molar-refractivity contribution in [2.45, 2.75) is 52.0 Å². The Balaban J connectivity index is 1.93. The van der Waals surface area contributed by atoms with Crippen LogP contribution in [0.2, 0.25) is 0 Å². The molecule has 1 aromatic rings. The van der Waals surface area contributed by atoms with Gasteiger partial charge in [0.15, 0.2) is 0 Å². The highest BCUT2D eigenvalue weighted by Gasteiger charge is 2.28. The predicted molar refractivity (Wildman–Crippen MR) is 96.6 cm³/mol. The van der Waals surface area contributed by atoms with E-state index in [4.69, 9.17) is 5.73 Å². The van der Waals surface area contributed by atoms with Crippen LogP contribution in [0.25, 0.3) is 0 Å². The van der Waals surface area contributed by atoms with Crippen molar-refractivity contribution in [3.63, 3.8) is 0 Å². The first kappa shape index (κ1) is 18.5. The van der Waals surface area contributed by atoms with E-state index in [2.05, 4.69) is 5.32 Å². The molecule has 132 valence electrons. The van der Waals surface area contributed by atoms with Gasteiger partial charge in [0.1, 0.15) is 0 Å². The fraction of sp³-hybridized carbons (Fsp3) is 0.579. The third-order valence-electron chi connectivity index (χ3n) is 4.75. The lowest BCUT2D eigenvalue weighted by Crippen LogP contribution is -2.40. The summed E-state index contributed by atoms with van der Waals surface area (Å²) in [5.41, 5.74) is 7.88. The molecule has 5 nitrogen and oxygen atoms in total. The van der Waals surface area contributed by atoms with Crippen LogP contribution in [0.5, 0.6) is 0 Å². The van der Waals surface area contributed by atoms with Crippen molar-refractivity contribution >= 4 is 17.5 Å². The number of anilines is 1. The van der Waals surface area contributed by atoms with Gasteiger partial charge in [0.25, 0.3) is 0 Å². The predicted octanol–water partition coefficient (Wildman–Crippen LogP) is 2.69. The molecule has 1 aliphatic rings. The van der Waals surface area contributed by atoms with E-state index in [0.29, 0.717) is 13.0 Å². The first-order chi connectivity index (χ1) is 11.5. The molecule has 2 atom stereocenters. The van der Waals surface area contributed by atoms with E-state index in [1.165, 1.54) is 0 Å². The van der Waals surface area contributed by atoms with Crippen LogP contribution in [0.4, 0.5) is 5.69 Å². The molecule has 1 fully saturated rings. The molecule has 24 heavy (non-hydrogen) atoms. The van der Waals surface area contributed by atoms with Gasteiger partial charge in [-0.2, -0.15) is 0 Å². The second-order valence-electron chi connectivity index (χ2n) is 6.74. The molecule has 1 aliphatic carbocycles. The van der Waals surface area contributed by atoms with Crippen molar-refractivity contribution in [2.75, 3.05) is 18.4 Å². The molecular formula is C19H29N3O2. The minimum atomic E-state index is -0.151. The number of nitrogens with one attached hydrogen (secondary N) is 1. The number of amides is 2. The zero-order chi connectivity index (χ0) is 17.5. The standard InChI is InChI=1S/C19H29N3O2/c1-3-11-22(19(24)12-15-8-6-9-16(15)20)13-18(23)21-17-10-5-4-7-14(17)2/h4-5,7,10,15-16H,3,6,8-9,11-13,20H2,1-2H3,(H,21,23)/t15-,16+/m0/s1. The smallest absolute Gasteiger partial charge is 0.244 e. The van der Waals surface area contributed by atoms with E-state index < -0.39 is 0 Å². The summed E-state index contributed by atoms with van der Waals surface area (Å²) in [6.45, 7) is 4.66. The van der Waals surface area contributed by atoms with Crippen molar-refractivity contribution in [2.24, 2.45) is 11.7 Å². The van der Waals surface area contributed by atoms with E-state index in [1.54, 1.807) is 4.90 Å². The fourth-order valence-corrected chi connectivity index (χ4v) is 3.31. The average molecular weight is 331 g/mol. The molecule has 0 saturated heterocycles. The number of nitrogens with two attached hydrogens (primary N) is 1. The van der Waals surface area contributed by atoms with Gasteiger partial charge < -0.3 is 16.0 Å². The van der Waals surface area contributed by atoms with Crippen molar-refractivity contribution in [1.82, 2.24) is 4.90 Å². The number of hydrogen-bond acceptors (Lipinski definition) is 3. The van der Waals surface area contributed by atoms with Crippen molar-refractivity contribution in [3.05, 3.63) is 29.8 Å². The maximum Gasteiger partial charge on any atom is 0.244 e. The van der Waals surface area contributed by atoms with Gasteiger partial charge in [0.05, 0.1) is 6.54 Å². The number of benzene rings is 1. The molecule has 0 spiro atoms. The van der Waals surface area contributed by atoms with Crippen LogP contribution < -0.4 is 11.1 Å². The summed E-state index contributed by atoms with van der Waals surface area (Å²) in [6, 6.07) is 7.77. The molecule has 0 bridgehead atoms. The number of rotatable bonds is 7. The number of carbonyl (C=O) groups excluding carboxylic acids is 2. The van der Waals surface area contributed by atoms with Gasteiger partial charge in [0, 0.05) is 24.7 Å². The molecular weight excluding hydrogens is 302 g/mol. The van der Waals surface area contributed by atoms with E-state index in [1.807, 2.05) is 38.1 Å². The van der Waals surface area contributed by atoms with Crippen LogP contribution in [0.1, 0.15) is 44.6 Å². The van der Waals surface area contributed by atoms with Gasteiger partial charge in [0.2, 0.25) is 11.8 Å². The van der Waals surface area contributed by atoms with E-state index in [0.717, 1.165) is 36.9 Å². The Morgan fingerprint density at radius 1 is 1.29 bits per heavy atom. The minimum Gasteiger partial charge on any atom is -0.333 e. The summed E-state index contributed by atoms with van der Waals surface area (Å²) in [5.74, 6) is 0.150. The normalized spacial score (nSPS) is 20.0. The maximum atomic E-state index is 12.6. The van der Waals surface area contributed by atoms with Crippen molar-refractivity contribution < 1.29 is 9.59 Å². The van der Waals surface area contributed by atoms with E-state index in [-0.39, 0.29) is 30.3 Å². The molecule has 0 aliphatic heterocycles. The Morgan fingerprint density at radius 2 is 2.04 bits per heavy atom. The van der Waals surface area contributed by atoms with Gasteiger partial charge in [-0.15, -0.1) is 0 Å². The fourth-order valence-electron chi connectivity index (χ4n) is 3.31. The quantitative estimate of drug-likeness (QED) is 0.806. The van der Waals surface area contributed by atoms with Crippen molar-refractivity contribution in [3.8, 4) is 0 Å². The van der Waals surface area contributed by atoms with Crippen LogP contribution in [0.3, 0.4) is 0 Å². The first-order valence-corrected chi connectivity index (χ1v) is 8.90. The van der Waals surface area contributed by atoms with Crippen molar-refractivity contribution in [1.29, 1.82) is 0 Å². The summed E-state index contributed by atoms with van der Waals surface area (Å²) < 4.78 is 0. The Labute approximate surface area is 144 Å². The minimum absolute atomic E-state index is 0.0409. The Morgan fingerprint density at radius 3 is 2.67 bits per heavy atom. The molecule has 0 heterocycles. The monoisotopic (exact) mass is 331 g/mol. The lowest BCUT2D eigenvalue weighted by atomic mass is 9.99. The number of aryl methyl sites for hydroxylation is 1. The summed E-state index contributed by atoms with van der Waals surface area (Å²) in [6.07, 6.45) is 4.40. The summed E-state index contributed by atoms with van der Waals surface area (Å²) in [7, 11) is 0. The largest absolute Gasteiger partial charge is 0.333 e. The molecule has 1 saturated carbocycles. The van der Waals surface area contributed by atoms with Gasteiger partial charge in [-0.1, -0.05) is 31.5 Å². The highest BCUT2D eigenvalue weighted by molar-refractivity contribution is 5.95. The van der Waals surface area contributed by atoms with Crippen LogP contribution >= 0.6 is 0 Å². The van der Waals surface area contributed by atoms with Gasteiger partial charge >= 0.3 is 0 Å². The van der Waals surface area contributed by atoms with E-state index in [9.17, 15) is 9.59 Å². The second-order valence-corrected chi connectivity index (χ2v) is 6.74. The molecule has 0 aromatic heterocycles. The third kappa shape index (κ3) is 5.06. The lowest BCUT2D eigenvalue weighted by Gasteiger charge is -2.24. The zero-order valence-electron chi connectivity index (χ0n) is 14.8. The van der Waals surface area contributed by atoms with Crippen LogP contribution in [0.15, 0.2) is 24.3 Å². The van der Waals surface area contributed by atoms with Gasteiger partial charge in [-0.05, 0) is 43.7 Å². The second kappa shape index (κ2) is 8.83. The van der Waals surface area contributed by atoms with Crippen LogP contribution in [-0.4, -0.2) is 35.8 Å². The molecule has 2 rings (SSSR count). The highest BCUT2D eigenvalue weighted by atomic mass is 16.2. The molecule has 1 aromatic carbocycles. The summed E-state index contributed by atoms with van der Waals surface area (Å²) >= 11 is 0. The SMILES string of the molecule is CCCN(CC(=O)Nc1ccccc1C)C(=O)C[C@@H]1CCC[C@H]1N. The molecule has 0 unspecified atom stereocenters. The Hall–Kier alpha value is -1.88. The molecule has 3 N–H and O–H groups in total. The number of nitrogens with zero attached hydrogens (tertiary/aromatic N) is 1. The number of carbonyl (C=O) groups is 2. The van der Waals surface area contributed by atoms with E-state index >= 15 is 0 Å². The van der Waals surface area contributed by atoms with Gasteiger partial charge in [-0.3, -0.25) is 9.59 Å². The third-order valence-corrected chi connectivity index (χ3v) is 4.75.